The summed E-state index contributed by atoms with van der Waals surface area (Å²) >= 11 is 0. The van der Waals surface area contributed by atoms with E-state index in [2.05, 4.69) is 5.10 Å². The van der Waals surface area contributed by atoms with Crippen molar-refractivity contribution in [2.24, 2.45) is 7.05 Å². The molecule has 0 saturated carbocycles. The maximum Gasteiger partial charge on any atom is 0.246 e. The fourth-order valence-corrected chi connectivity index (χ4v) is 1.37. The number of nitrogens with zero attached hydrogens (tertiary/aromatic N) is 3. The van der Waals surface area contributed by atoms with E-state index < -0.39 is 0 Å². The van der Waals surface area contributed by atoms with Gasteiger partial charge in [-0.15, -0.1) is 0 Å². The standard InChI is InChI=1S/C11H17N3O3/c1-13-9-10(8-12-13)2-3-11(17)14(4-6-15)5-7-16/h2-3,8-9,15-16H,4-7H2,1H3/b3-2+. The van der Waals surface area contributed by atoms with Gasteiger partial charge in [-0.05, 0) is 6.08 Å². The van der Waals surface area contributed by atoms with Crippen LogP contribution in [0.4, 0.5) is 0 Å². The Balaban J connectivity index is 2.59. The van der Waals surface area contributed by atoms with Gasteiger partial charge in [0.1, 0.15) is 0 Å². The summed E-state index contributed by atoms with van der Waals surface area (Å²) in [4.78, 5) is 13.1. The highest BCUT2D eigenvalue weighted by Gasteiger charge is 2.08. The summed E-state index contributed by atoms with van der Waals surface area (Å²) in [6.07, 6.45) is 6.48. The van der Waals surface area contributed by atoms with Crippen molar-refractivity contribution >= 4 is 12.0 Å². The zero-order valence-corrected chi connectivity index (χ0v) is 9.78. The number of carbonyl (C=O) groups excluding carboxylic acids is 1. The summed E-state index contributed by atoms with van der Waals surface area (Å²) in [6.45, 7) is 0.201. The van der Waals surface area contributed by atoms with Crippen molar-refractivity contribution in [3.05, 3.63) is 24.0 Å². The second-order valence-corrected chi connectivity index (χ2v) is 3.55. The van der Waals surface area contributed by atoms with Gasteiger partial charge in [0.25, 0.3) is 0 Å². The van der Waals surface area contributed by atoms with Crippen LogP contribution in [0.2, 0.25) is 0 Å². The summed E-state index contributed by atoms with van der Waals surface area (Å²) in [6, 6.07) is 0. The van der Waals surface area contributed by atoms with Crippen LogP contribution in [0.5, 0.6) is 0 Å². The van der Waals surface area contributed by atoms with Crippen LogP contribution >= 0.6 is 0 Å². The van der Waals surface area contributed by atoms with Crippen molar-refractivity contribution < 1.29 is 15.0 Å². The lowest BCUT2D eigenvalue weighted by Gasteiger charge is -2.18. The Bertz CT molecular complexity index is 381. The summed E-state index contributed by atoms with van der Waals surface area (Å²) in [5.74, 6) is -0.239. The van der Waals surface area contributed by atoms with Gasteiger partial charge in [0.2, 0.25) is 5.91 Å². The van der Waals surface area contributed by atoms with Gasteiger partial charge in [-0.25, -0.2) is 0 Å². The van der Waals surface area contributed by atoms with Gasteiger partial charge in [-0.1, -0.05) is 0 Å². The SMILES string of the molecule is Cn1cc(/C=C/C(=O)N(CCO)CCO)cn1. The Hall–Kier alpha value is -1.66. The van der Waals surface area contributed by atoms with E-state index in [4.69, 9.17) is 10.2 Å². The van der Waals surface area contributed by atoms with E-state index in [1.165, 1.54) is 11.0 Å². The minimum Gasteiger partial charge on any atom is -0.395 e. The summed E-state index contributed by atoms with van der Waals surface area (Å²) < 4.78 is 1.64. The second kappa shape index (κ2) is 6.82. The molecule has 0 aromatic carbocycles. The normalized spacial score (nSPS) is 11.0. The zero-order chi connectivity index (χ0) is 12.7. The molecule has 1 aromatic rings. The molecule has 0 unspecified atom stereocenters. The number of amides is 1. The van der Waals surface area contributed by atoms with Gasteiger partial charge in [0.05, 0.1) is 19.4 Å². The van der Waals surface area contributed by atoms with Gasteiger partial charge in [-0.3, -0.25) is 9.48 Å². The van der Waals surface area contributed by atoms with Gasteiger partial charge in [0, 0.05) is 38.0 Å². The largest absolute Gasteiger partial charge is 0.395 e. The predicted molar refractivity (Wildman–Crippen MR) is 63.0 cm³/mol. The minimum atomic E-state index is -0.239. The average Bonchev–Trinajstić information content (AvgIpc) is 2.72. The smallest absolute Gasteiger partial charge is 0.246 e. The van der Waals surface area contributed by atoms with Crippen molar-refractivity contribution in [1.82, 2.24) is 14.7 Å². The highest BCUT2D eigenvalue weighted by molar-refractivity contribution is 5.91. The van der Waals surface area contributed by atoms with Crippen molar-refractivity contribution in [3.8, 4) is 0 Å². The average molecular weight is 239 g/mol. The van der Waals surface area contributed by atoms with Crippen molar-refractivity contribution in [1.29, 1.82) is 0 Å². The van der Waals surface area contributed by atoms with E-state index in [1.807, 2.05) is 0 Å². The minimum absolute atomic E-state index is 0.119. The molecule has 6 nitrogen and oxygen atoms in total. The molecule has 0 fully saturated rings. The fourth-order valence-electron chi connectivity index (χ4n) is 1.37. The van der Waals surface area contributed by atoms with Crippen LogP contribution in [-0.2, 0) is 11.8 Å². The first-order valence-corrected chi connectivity index (χ1v) is 5.34. The highest BCUT2D eigenvalue weighted by atomic mass is 16.3. The molecule has 1 aromatic heterocycles. The number of carbonyl (C=O) groups is 1. The predicted octanol–water partition coefficient (Wildman–Crippen LogP) is -0.754. The quantitative estimate of drug-likeness (QED) is 0.640. The Morgan fingerprint density at radius 3 is 2.59 bits per heavy atom. The van der Waals surface area contributed by atoms with Crippen LogP contribution < -0.4 is 0 Å². The molecule has 2 N–H and O–H groups in total. The zero-order valence-electron chi connectivity index (χ0n) is 9.78. The lowest BCUT2D eigenvalue weighted by atomic mass is 10.3. The van der Waals surface area contributed by atoms with Crippen LogP contribution in [0.3, 0.4) is 0 Å². The highest BCUT2D eigenvalue weighted by Crippen LogP contribution is 2.00. The van der Waals surface area contributed by atoms with E-state index in [0.29, 0.717) is 0 Å². The van der Waals surface area contributed by atoms with Gasteiger partial charge in [0.15, 0.2) is 0 Å². The van der Waals surface area contributed by atoms with E-state index in [9.17, 15) is 4.79 Å². The lowest BCUT2D eigenvalue weighted by Crippen LogP contribution is -2.34. The molecule has 0 bridgehead atoms. The number of aromatic nitrogens is 2. The van der Waals surface area contributed by atoms with Crippen molar-refractivity contribution in [2.75, 3.05) is 26.3 Å². The number of aryl methyl sites for hydroxylation is 1. The molecule has 17 heavy (non-hydrogen) atoms. The number of hydrogen-bond acceptors (Lipinski definition) is 4. The van der Waals surface area contributed by atoms with Gasteiger partial charge < -0.3 is 15.1 Å². The third-order valence-corrected chi connectivity index (χ3v) is 2.19. The van der Waals surface area contributed by atoms with Gasteiger partial charge >= 0.3 is 0 Å². The Morgan fingerprint density at radius 2 is 2.12 bits per heavy atom. The third-order valence-electron chi connectivity index (χ3n) is 2.19. The molecular formula is C11H17N3O3. The monoisotopic (exact) mass is 239 g/mol. The Labute approximate surface area is 99.8 Å². The third kappa shape index (κ3) is 4.38. The molecule has 1 amide bonds. The summed E-state index contributed by atoms with van der Waals surface area (Å²) in [5, 5.41) is 21.5. The molecular weight excluding hydrogens is 222 g/mol. The van der Waals surface area contributed by atoms with Crippen molar-refractivity contribution in [3.63, 3.8) is 0 Å². The molecule has 1 rings (SSSR count). The van der Waals surface area contributed by atoms with E-state index in [1.54, 1.807) is 30.2 Å². The maximum atomic E-state index is 11.7. The van der Waals surface area contributed by atoms with E-state index in [0.717, 1.165) is 5.56 Å². The first-order valence-electron chi connectivity index (χ1n) is 5.34. The van der Waals surface area contributed by atoms with E-state index >= 15 is 0 Å². The number of aliphatic hydroxyl groups excluding tert-OH is 2. The van der Waals surface area contributed by atoms with Crippen LogP contribution in [-0.4, -0.2) is 57.1 Å². The number of aliphatic hydroxyl groups is 2. The number of hydrogen-bond donors (Lipinski definition) is 2. The molecule has 0 saturated heterocycles. The summed E-state index contributed by atoms with van der Waals surface area (Å²) in [5.41, 5.74) is 0.828. The molecule has 0 radical (unpaired) electrons. The lowest BCUT2D eigenvalue weighted by molar-refractivity contribution is -0.126. The number of rotatable bonds is 6. The van der Waals surface area contributed by atoms with Crippen LogP contribution in [0.15, 0.2) is 18.5 Å². The molecule has 94 valence electrons. The second-order valence-electron chi connectivity index (χ2n) is 3.55. The van der Waals surface area contributed by atoms with Crippen molar-refractivity contribution in [2.45, 2.75) is 0 Å². The van der Waals surface area contributed by atoms with Crippen LogP contribution in [0, 0.1) is 0 Å². The molecule has 6 heteroatoms. The Kier molecular flexibility index (Phi) is 5.38. The van der Waals surface area contributed by atoms with Crippen LogP contribution in [0.1, 0.15) is 5.56 Å². The molecule has 0 spiro atoms. The maximum absolute atomic E-state index is 11.7. The van der Waals surface area contributed by atoms with E-state index in [-0.39, 0.29) is 32.2 Å². The molecule has 1 heterocycles. The Morgan fingerprint density at radius 1 is 1.47 bits per heavy atom. The molecule has 0 aliphatic heterocycles. The topological polar surface area (TPSA) is 78.6 Å². The van der Waals surface area contributed by atoms with Crippen LogP contribution in [0.25, 0.3) is 6.08 Å². The first-order chi connectivity index (χ1) is 8.17. The molecule has 0 aliphatic rings. The molecule has 0 aliphatic carbocycles. The molecule has 0 atom stereocenters. The fraction of sp³-hybridized carbons (Fsp3) is 0.455. The van der Waals surface area contributed by atoms with Gasteiger partial charge in [-0.2, -0.15) is 5.10 Å². The summed E-state index contributed by atoms with van der Waals surface area (Å²) in [7, 11) is 1.79. The first kappa shape index (κ1) is 13.4.